The minimum absolute atomic E-state index is 0.00249. The van der Waals surface area contributed by atoms with Gasteiger partial charge in [0.05, 0.1) is 42.7 Å². The van der Waals surface area contributed by atoms with Gasteiger partial charge < -0.3 is 19.7 Å². The molecule has 0 unspecified atom stereocenters. The Kier molecular flexibility index (Phi) is 11.0. The SMILES string of the molecule is C=CCCOc1cc(C2=NCC3(CCN(S(=O)(=O)CCc4ccc(C(=O)N5CC[C@@H](OCC=C)C5)cc4C)CC3)N2)cc(C(F)(F)F)c1. The Labute approximate surface area is 280 Å². The van der Waals surface area contributed by atoms with E-state index in [0.29, 0.717) is 63.3 Å². The number of amides is 1. The third-order valence-corrected chi connectivity index (χ3v) is 11.1. The smallest absolute Gasteiger partial charge is 0.416 e. The lowest BCUT2D eigenvalue weighted by Crippen LogP contribution is -2.55. The number of amidine groups is 1. The van der Waals surface area contributed by atoms with E-state index in [4.69, 9.17) is 9.47 Å². The minimum Gasteiger partial charge on any atom is -0.493 e. The van der Waals surface area contributed by atoms with Crippen molar-refractivity contribution in [2.75, 3.05) is 51.7 Å². The number of piperidine rings is 1. The third-order valence-electron chi connectivity index (χ3n) is 9.20. The van der Waals surface area contributed by atoms with Crippen LogP contribution >= 0.6 is 0 Å². The van der Waals surface area contributed by atoms with Crippen LogP contribution in [-0.2, 0) is 27.4 Å². The van der Waals surface area contributed by atoms with Gasteiger partial charge in [-0.3, -0.25) is 9.79 Å². The standard InChI is InChI=1S/C35H43F3N4O5S/c1-4-6-17-47-31-21-28(20-29(22-31)35(36,37)38)32-39-24-34(40-32)11-14-42(15-12-34)48(44,45)18-10-26-7-8-27(19-25(26)3)33(43)41-13-9-30(23-41)46-16-5-2/h4-5,7-8,19-22,30H,1-2,6,9-18,23-24H2,3H3,(H,39,40)/t30-/m1/s1. The molecule has 9 nitrogen and oxygen atoms in total. The molecular weight excluding hydrogens is 645 g/mol. The molecule has 13 heteroatoms. The summed E-state index contributed by atoms with van der Waals surface area (Å²) in [4.78, 5) is 19.4. The van der Waals surface area contributed by atoms with Crippen LogP contribution in [0.1, 0.15) is 58.3 Å². The van der Waals surface area contributed by atoms with Crippen molar-refractivity contribution in [1.82, 2.24) is 14.5 Å². The van der Waals surface area contributed by atoms with Crippen LogP contribution in [0, 0.1) is 6.92 Å². The zero-order valence-electron chi connectivity index (χ0n) is 27.2. The molecular formula is C35H43F3N4O5S. The molecule has 260 valence electrons. The normalized spacial score (nSPS) is 19.6. The van der Waals surface area contributed by atoms with E-state index in [1.807, 2.05) is 19.1 Å². The number of ether oxygens (including phenoxy) is 2. The number of alkyl halides is 3. The molecule has 2 aromatic rings. The quantitative estimate of drug-likeness (QED) is 0.231. The average molecular weight is 689 g/mol. The number of benzene rings is 2. The van der Waals surface area contributed by atoms with E-state index in [2.05, 4.69) is 23.5 Å². The lowest BCUT2D eigenvalue weighted by Gasteiger charge is -2.38. The summed E-state index contributed by atoms with van der Waals surface area (Å²) >= 11 is 0. The summed E-state index contributed by atoms with van der Waals surface area (Å²) in [6.07, 6.45) is 1.27. The van der Waals surface area contributed by atoms with Gasteiger partial charge in [-0.05, 0) is 80.5 Å². The van der Waals surface area contributed by atoms with Crippen LogP contribution in [0.2, 0.25) is 0 Å². The maximum atomic E-state index is 13.7. The fourth-order valence-corrected chi connectivity index (χ4v) is 7.83. The van der Waals surface area contributed by atoms with Crippen LogP contribution in [-0.4, -0.2) is 92.7 Å². The molecule has 3 aliphatic rings. The number of likely N-dealkylation sites (tertiary alicyclic amines) is 1. The molecule has 0 bridgehead atoms. The molecule has 0 saturated carbocycles. The van der Waals surface area contributed by atoms with Gasteiger partial charge in [0.1, 0.15) is 11.6 Å². The third kappa shape index (κ3) is 8.48. The highest BCUT2D eigenvalue weighted by Crippen LogP contribution is 2.35. The molecule has 1 spiro atoms. The van der Waals surface area contributed by atoms with Gasteiger partial charge in [-0.25, -0.2) is 12.7 Å². The summed E-state index contributed by atoms with van der Waals surface area (Å²) in [6.45, 7) is 11.8. The van der Waals surface area contributed by atoms with Crippen molar-refractivity contribution >= 4 is 21.8 Å². The summed E-state index contributed by atoms with van der Waals surface area (Å²) in [5.74, 6) is 0.298. The minimum atomic E-state index is -4.56. The highest BCUT2D eigenvalue weighted by Gasteiger charge is 2.42. The van der Waals surface area contributed by atoms with Crippen LogP contribution in [0.4, 0.5) is 13.2 Å². The Hall–Kier alpha value is -3.68. The second-order valence-corrected chi connectivity index (χ2v) is 14.7. The van der Waals surface area contributed by atoms with E-state index in [-0.39, 0.29) is 48.8 Å². The number of rotatable bonds is 13. The number of carbonyl (C=O) groups excluding carboxylic acids is 1. The number of aryl methyl sites for hydroxylation is 2. The summed E-state index contributed by atoms with van der Waals surface area (Å²) in [5, 5.41) is 3.33. The van der Waals surface area contributed by atoms with Crippen LogP contribution in [0.5, 0.6) is 5.75 Å². The van der Waals surface area contributed by atoms with Crippen molar-refractivity contribution in [2.24, 2.45) is 4.99 Å². The van der Waals surface area contributed by atoms with Crippen molar-refractivity contribution < 1.29 is 35.9 Å². The summed E-state index contributed by atoms with van der Waals surface area (Å²) in [5.41, 5.74) is 1.20. The highest BCUT2D eigenvalue weighted by molar-refractivity contribution is 7.89. The molecule has 5 rings (SSSR count). The van der Waals surface area contributed by atoms with Gasteiger partial charge in [-0.2, -0.15) is 13.2 Å². The van der Waals surface area contributed by atoms with Crippen molar-refractivity contribution in [2.45, 2.75) is 56.8 Å². The summed E-state index contributed by atoms with van der Waals surface area (Å²) in [6, 6.07) is 8.96. The molecule has 0 aromatic heterocycles. The van der Waals surface area contributed by atoms with Crippen LogP contribution in [0.15, 0.2) is 66.7 Å². The van der Waals surface area contributed by atoms with Crippen molar-refractivity contribution in [1.29, 1.82) is 0 Å². The Bertz CT molecular complexity index is 1650. The van der Waals surface area contributed by atoms with Crippen molar-refractivity contribution in [3.63, 3.8) is 0 Å². The number of halogens is 3. The number of hydrogen-bond acceptors (Lipinski definition) is 7. The molecule has 2 fully saturated rings. The molecule has 48 heavy (non-hydrogen) atoms. The monoisotopic (exact) mass is 688 g/mol. The largest absolute Gasteiger partial charge is 0.493 e. The topological polar surface area (TPSA) is 101 Å². The first kappa shape index (κ1) is 35.6. The maximum Gasteiger partial charge on any atom is 0.416 e. The average Bonchev–Trinajstić information content (AvgIpc) is 3.70. The number of nitrogens with one attached hydrogen (secondary N) is 1. The molecule has 1 N–H and O–H groups in total. The Morgan fingerprint density at radius 2 is 1.90 bits per heavy atom. The van der Waals surface area contributed by atoms with E-state index >= 15 is 0 Å². The molecule has 1 amide bonds. The van der Waals surface area contributed by atoms with Gasteiger partial charge in [0.15, 0.2) is 0 Å². The zero-order chi connectivity index (χ0) is 34.5. The predicted molar refractivity (Wildman–Crippen MR) is 179 cm³/mol. The summed E-state index contributed by atoms with van der Waals surface area (Å²) < 4.78 is 80.4. The predicted octanol–water partition coefficient (Wildman–Crippen LogP) is 5.14. The molecule has 2 saturated heterocycles. The zero-order valence-corrected chi connectivity index (χ0v) is 28.0. The number of hydrogen-bond donors (Lipinski definition) is 1. The van der Waals surface area contributed by atoms with Gasteiger partial charge in [0, 0.05) is 37.3 Å². The van der Waals surface area contributed by atoms with Crippen LogP contribution in [0.3, 0.4) is 0 Å². The van der Waals surface area contributed by atoms with Crippen LogP contribution < -0.4 is 10.1 Å². The second kappa shape index (κ2) is 14.8. The van der Waals surface area contributed by atoms with E-state index in [1.165, 1.54) is 10.4 Å². The number of aliphatic imine (C=N–C) groups is 1. The number of sulfonamides is 1. The van der Waals surface area contributed by atoms with Gasteiger partial charge in [-0.1, -0.05) is 18.2 Å². The lowest BCUT2D eigenvalue weighted by atomic mass is 9.89. The Morgan fingerprint density at radius 1 is 1.12 bits per heavy atom. The van der Waals surface area contributed by atoms with E-state index in [1.54, 1.807) is 23.1 Å². The Balaban J connectivity index is 1.15. The fourth-order valence-electron chi connectivity index (χ4n) is 6.36. The molecule has 1 atom stereocenters. The first-order valence-corrected chi connectivity index (χ1v) is 17.8. The fraction of sp³-hybridized carbons (Fsp3) is 0.486. The van der Waals surface area contributed by atoms with Gasteiger partial charge in [0.25, 0.3) is 5.91 Å². The Morgan fingerprint density at radius 3 is 2.58 bits per heavy atom. The number of nitrogens with zero attached hydrogens (tertiary/aromatic N) is 3. The summed E-state index contributed by atoms with van der Waals surface area (Å²) in [7, 11) is -3.58. The highest BCUT2D eigenvalue weighted by atomic mass is 32.2. The van der Waals surface area contributed by atoms with Crippen LogP contribution in [0.25, 0.3) is 0 Å². The van der Waals surface area contributed by atoms with Gasteiger partial charge in [-0.15, -0.1) is 13.2 Å². The molecule has 0 radical (unpaired) electrons. The van der Waals surface area contributed by atoms with Crippen molar-refractivity contribution in [3.05, 3.63) is 89.5 Å². The molecule has 0 aliphatic carbocycles. The molecule has 2 aromatic carbocycles. The van der Waals surface area contributed by atoms with Gasteiger partial charge in [0.2, 0.25) is 10.0 Å². The van der Waals surface area contributed by atoms with Crippen molar-refractivity contribution in [3.8, 4) is 5.75 Å². The molecule has 3 aliphatic heterocycles. The second-order valence-electron chi connectivity index (χ2n) is 12.6. The maximum absolute atomic E-state index is 13.7. The molecule has 3 heterocycles. The van der Waals surface area contributed by atoms with E-state index < -0.39 is 27.3 Å². The first-order chi connectivity index (χ1) is 22.8. The van der Waals surface area contributed by atoms with Gasteiger partial charge >= 0.3 is 6.18 Å². The lowest BCUT2D eigenvalue weighted by molar-refractivity contribution is -0.137. The number of carbonyl (C=O) groups is 1. The van der Waals surface area contributed by atoms with E-state index in [9.17, 15) is 26.4 Å². The first-order valence-electron chi connectivity index (χ1n) is 16.2. The van der Waals surface area contributed by atoms with E-state index in [0.717, 1.165) is 29.7 Å².